The first-order chi connectivity index (χ1) is 17.9. The number of carbonyl (C=O) groups excluding carboxylic acids is 2. The summed E-state index contributed by atoms with van der Waals surface area (Å²) >= 11 is 3.13. The number of rotatable bonds is 7. The number of nitrogens with one attached hydrogen (secondary N) is 1. The first-order valence-electron chi connectivity index (χ1n) is 11.6. The lowest BCUT2D eigenvalue weighted by Gasteiger charge is -2.43. The lowest BCUT2D eigenvalue weighted by atomic mass is 10.0. The predicted octanol–water partition coefficient (Wildman–Crippen LogP) is 6.09. The number of hydrogen-bond donors (Lipinski definition) is 1. The van der Waals surface area contributed by atoms with Crippen molar-refractivity contribution in [3.63, 3.8) is 0 Å². The van der Waals surface area contributed by atoms with Gasteiger partial charge in [0.15, 0.2) is 0 Å². The van der Waals surface area contributed by atoms with Gasteiger partial charge in [-0.3, -0.25) is 14.5 Å². The summed E-state index contributed by atoms with van der Waals surface area (Å²) in [6.45, 7) is 2.24. The topological polar surface area (TPSA) is 74.8 Å². The highest BCUT2D eigenvalue weighted by Crippen LogP contribution is 2.45. The Balaban J connectivity index is 1.62. The Hall–Kier alpha value is -3.60. The molecule has 2 amide bonds. The van der Waals surface area contributed by atoms with Crippen LogP contribution in [-0.2, 0) is 9.53 Å². The van der Waals surface area contributed by atoms with Crippen LogP contribution in [0.15, 0.2) is 60.0 Å². The van der Waals surface area contributed by atoms with Gasteiger partial charge < -0.3 is 15.0 Å². The molecule has 0 fully saturated rings. The van der Waals surface area contributed by atoms with E-state index < -0.39 is 12.0 Å². The number of hydrogen-bond acceptors (Lipinski definition) is 7. The number of thiophene rings is 1. The largest absolute Gasteiger partial charge is 0.384 e. The average molecular weight is 537 g/mol. The number of benzene rings is 2. The summed E-state index contributed by atoms with van der Waals surface area (Å²) in [6.07, 6.45) is -0.349. The second kappa shape index (κ2) is 10.4. The minimum Gasteiger partial charge on any atom is -0.384 e. The van der Waals surface area contributed by atoms with E-state index in [-0.39, 0.29) is 30.4 Å². The van der Waals surface area contributed by atoms with Crippen LogP contribution >= 0.6 is 22.7 Å². The summed E-state index contributed by atoms with van der Waals surface area (Å²) in [5.41, 5.74) is 2.79. The van der Waals surface area contributed by atoms with Crippen molar-refractivity contribution in [2.45, 2.75) is 19.5 Å². The second-order valence-corrected chi connectivity index (χ2v) is 10.8. The molecule has 0 spiro atoms. The summed E-state index contributed by atoms with van der Waals surface area (Å²) < 4.78 is 19.3. The zero-order valence-corrected chi connectivity index (χ0v) is 22.2. The smallest absolute Gasteiger partial charge is 0.262 e. The molecule has 0 bridgehead atoms. The minimum absolute atomic E-state index is 0.178. The van der Waals surface area contributed by atoms with Crippen LogP contribution in [0, 0.1) is 12.7 Å². The number of ether oxygens (including phenoxy) is 1. The van der Waals surface area contributed by atoms with E-state index in [1.165, 1.54) is 19.2 Å². The molecule has 3 heterocycles. The van der Waals surface area contributed by atoms with Crippen LogP contribution in [0.4, 0.5) is 21.5 Å². The van der Waals surface area contributed by atoms with Crippen LogP contribution in [0.25, 0.3) is 10.6 Å². The quantitative estimate of drug-likeness (QED) is 0.309. The van der Waals surface area contributed by atoms with Gasteiger partial charge in [-0.2, -0.15) is 0 Å². The van der Waals surface area contributed by atoms with E-state index in [1.807, 2.05) is 42.5 Å². The molecular weight excluding hydrogens is 511 g/mol. The number of nitrogens with zero attached hydrogens (tertiary/aromatic N) is 3. The van der Waals surface area contributed by atoms with Crippen molar-refractivity contribution in [1.29, 1.82) is 0 Å². The zero-order chi connectivity index (χ0) is 26.1. The van der Waals surface area contributed by atoms with Gasteiger partial charge in [0.05, 0.1) is 51.2 Å². The number of thiazole rings is 1. The number of amides is 2. The molecule has 0 aliphatic carbocycles. The number of aryl methyl sites for hydroxylation is 1. The number of aromatic nitrogens is 1. The zero-order valence-electron chi connectivity index (χ0n) is 20.5. The van der Waals surface area contributed by atoms with E-state index in [9.17, 15) is 14.0 Å². The third-order valence-electron chi connectivity index (χ3n) is 6.12. The molecule has 190 valence electrons. The SMILES string of the molecule is COCCC(=O)Nc1ccccc1N1C(=O)c2cc(F)ccc2N(C)C1c1ccc(-c2csc(C)n2)s1. The summed E-state index contributed by atoms with van der Waals surface area (Å²) in [6, 6.07) is 15.4. The van der Waals surface area contributed by atoms with E-state index >= 15 is 0 Å². The predicted molar refractivity (Wildman–Crippen MR) is 146 cm³/mol. The van der Waals surface area contributed by atoms with Crippen LogP contribution in [0.3, 0.4) is 0 Å². The normalized spacial score (nSPS) is 15.1. The summed E-state index contributed by atoms with van der Waals surface area (Å²) in [4.78, 5) is 36.6. The van der Waals surface area contributed by atoms with Crippen molar-refractivity contribution in [1.82, 2.24) is 4.98 Å². The summed E-state index contributed by atoms with van der Waals surface area (Å²) in [5, 5.41) is 5.90. The number of para-hydroxylation sites is 2. The molecule has 37 heavy (non-hydrogen) atoms. The third kappa shape index (κ3) is 4.87. The fourth-order valence-electron chi connectivity index (χ4n) is 4.39. The van der Waals surface area contributed by atoms with Gasteiger partial charge in [-0.1, -0.05) is 12.1 Å². The van der Waals surface area contributed by atoms with Gasteiger partial charge in [-0.05, 0) is 49.4 Å². The molecule has 1 unspecified atom stereocenters. The Morgan fingerprint density at radius 2 is 1.97 bits per heavy atom. The molecule has 5 rings (SSSR count). The van der Waals surface area contributed by atoms with Crippen LogP contribution in [0.2, 0.25) is 0 Å². The maximum atomic E-state index is 14.2. The molecular formula is C27H25FN4O3S2. The van der Waals surface area contributed by atoms with E-state index in [0.29, 0.717) is 17.1 Å². The number of carbonyl (C=O) groups is 2. The van der Waals surface area contributed by atoms with Gasteiger partial charge in [0.1, 0.15) is 12.0 Å². The Labute approximate surface area is 222 Å². The van der Waals surface area contributed by atoms with Crippen molar-refractivity contribution in [2.75, 3.05) is 35.9 Å². The van der Waals surface area contributed by atoms with E-state index in [1.54, 1.807) is 51.8 Å². The van der Waals surface area contributed by atoms with Gasteiger partial charge in [-0.25, -0.2) is 9.37 Å². The van der Waals surface area contributed by atoms with Crippen molar-refractivity contribution in [3.8, 4) is 10.6 Å². The highest BCUT2D eigenvalue weighted by Gasteiger charge is 2.40. The van der Waals surface area contributed by atoms with Gasteiger partial charge in [0, 0.05) is 24.4 Å². The monoisotopic (exact) mass is 536 g/mol. The van der Waals surface area contributed by atoms with E-state index in [2.05, 4.69) is 10.3 Å². The van der Waals surface area contributed by atoms with Gasteiger partial charge in [0.25, 0.3) is 5.91 Å². The van der Waals surface area contributed by atoms with Gasteiger partial charge >= 0.3 is 0 Å². The first-order valence-corrected chi connectivity index (χ1v) is 13.3. The van der Waals surface area contributed by atoms with Crippen molar-refractivity contribution < 1.29 is 18.7 Å². The van der Waals surface area contributed by atoms with Crippen LogP contribution < -0.4 is 15.1 Å². The van der Waals surface area contributed by atoms with Crippen LogP contribution in [0.1, 0.15) is 32.8 Å². The minimum atomic E-state index is -0.527. The molecule has 7 nitrogen and oxygen atoms in total. The van der Waals surface area contributed by atoms with Crippen LogP contribution in [0.5, 0.6) is 0 Å². The maximum absolute atomic E-state index is 14.2. The Morgan fingerprint density at radius 3 is 2.73 bits per heavy atom. The number of halogens is 1. The lowest BCUT2D eigenvalue weighted by molar-refractivity contribution is -0.117. The Bertz CT molecular complexity index is 1470. The van der Waals surface area contributed by atoms with Gasteiger partial charge in [-0.15, -0.1) is 22.7 Å². The summed E-state index contributed by atoms with van der Waals surface area (Å²) in [5.74, 6) is -1.07. The maximum Gasteiger partial charge on any atom is 0.262 e. The van der Waals surface area contributed by atoms with Gasteiger partial charge in [0.2, 0.25) is 5.91 Å². The molecule has 0 saturated carbocycles. The highest BCUT2D eigenvalue weighted by atomic mass is 32.1. The molecule has 4 aromatic rings. The average Bonchev–Trinajstić information content (AvgIpc) is 3.54. The Morgan fingerprint density at radius 1 is 1.16 bits per heavy atom. The lowest BCUT2D eigenvalue weighted by Crippen LogP contribution is -2.48. The number of methoxy groups -OCH3 is 1. The standard InChI is InChI=1S/C27H25FN4O3S2/c1-16-29-20(15-36-16)23-10-11-24(37-23)26-31(2)21-9-8-17(28)14-18(21)27(34)32(26)22-7-5-4-6-19(22)30-25(33)12-13-35-3/h4-11,14-15,26H,12-13H2,1-3H3,(H,30,33). The van der Waals surface area contributed by atoms with E-state index in [0.717, 1.165) is 20.5 Å². The summed E-state index contributed by atoms with van der Waals surface area (Å²) in [7, 11) is 3.42. The second-order valence-electron chi connectivity index (χ2n) is 8.58. The molecule has 2 aromatic heterocycles. The Kier molecular flexibility index (Phi) is 7.05. The van der Waals surface area contributed by atoms with E-state index in [4.69, 9.17) is 4.74 Å². The van der Waals surface area contributed by atoms with Crippen molar-refractivity contribution >= 4 is 51.6 Å². The molecule has 10 heteroatoms. The molecule has 1 N–H and O–H groups in total. The molecule has 1 atom stereocenters. The molecule has 0 saturated heterocycles. The fraction of sp³-hybridized carbons (Fsp3) is 0.222. The highest BCUT2D eigenvalue weighted by molar-refractivity contribution is 7.16. The van der Waals surface area contributed by atoms with Crippen molar-refractivity contribution in [2.24, 2.45) is 0 Å². The third-order valence-corrected chi connectivity index (χ3v) is 8.04. The number of anilines is 3. The molecule has 1 aliphatic rings. The van der Waals surface area contributed by atoms with Crippen molar-refractivity contribution in [3.05, 3.63) is 81.2 Å². The molecule has 1 aliphatic heterocycles. The first kappa shape index (κ1) is 25.1. The fourth-order valence-corrected chi connectivity index (χ4v) is 6.19. The van der Waals surface area contributed by atoms with Crippen LogP contribution in [-0.4, -0.2) is 37.6 Å². The number of fused-ring (bicyclic) bond motifs is 1. The molecule has 2 aromatic carbocycles. The molecule has 0 radical (unpaired) electrons.